The van der Waals surface area contributed by atoms with Crippen LogP contribution in [0, 0.1) is 0 Å². The van der Waals surface area contributed by atoms with E-state index < -0.39 is 0 Å². The van der Waals surface area contributed by atoms with Gasteiger partial charge in [0.05, 0.1) is 12.2 Å². The second kappa shape index (κ2) is 6.57. The van der Waals surface area contributed by atoms with E-state index in [0.717, 1.165) is 5.69 Å². The number of nitrogens with one attached hydrogen (secondary N) is 2. The van der Waals surface area contributed by atoms with Gasteiger partial charge in [0.1, 0.15) is 0 Å². The minimum absolute atomic E-state index is 0.0419. The number of hydrogen-bond donors (Lipinski definition) is 2. The molecule has 0 spiro atoms. The molecule has 1 heterocycles. The number of aromatic amines is 1. The third-order valence-corrected chi connectivity index (χ3v) is 4.25. The second-order valence-corrected chi connectivity index (χ2v) is 5.72. The van der Waals surface area contributed by atoms with Crippen LogP contribution in [0.25, 0.3) is 0 Å². The standard InChI is InChI=1S/C17H21N3O/c21-17(18-12-16-10-11-19-20-16)15-8-6-14(7-9-15)13-4-2-1-3-5-13/h6-11,13H,1-5,12H2,(H,18,21)(H,19,20). The summed E-state index contributed by atoms with van der Waals surface area (Å²) in [4.78, 5) is 12.1. The van der Waals surface area contributed by atoms with Crippen molar-refractivity contribution in [1.82, 2.24) is 15.5 Å². The van der Waals surface area contributed by atoms with Gasteiger partial charge in [-0.3, -0.25) is 9.89 Å². The second-order valence-electron chi connectivity index (χ2n) is 5.72. The van der Waals surface area contributed by atoms with E-state index in [1.807, 2.05) is 18.2 Å². The molecule has 0 bridgehead atoms. The number of hydrogen-bond acceptors (Lipinski definition) is 2. The number of rotatable bonds is 4. The Labute approximate surface area is 125 Å². The van der Waals surface area contributed by atoms with Gasteiger partial charge in [-0.25, -0.2) is 0 Å². The molecule has 1 saturated carbocycles. The molecule has 0 aliphatic heterocycles. The van der Waals surface area contributed by atoms with Crippen molar-refractivity contribution in [3.05, 3.63) is 53.3 Å². The molecule has 1 aliphatic rings. The molecular weight excluding hydrogens is 262 g/mol. The van der Waals surface area contributed by atoms with Crippen LogP contribution in [-0.2, 0) is 6.54 Å². The van der Waals surface area contributed by atoms with Crippen LogP contribution in [0.15, 0.2) is 36.5 Å². The normalized spacial score (nSPS) is 15.8. The van der Waals surface area contributed by atoms with Crippen molar-refractivity contribution in [2.45, 2.75) is 44.6 Å². The van der Waals surface area contributed by atoms with Gasteiger partial charge in [-0.2, -0.15) is 5.10 Å². The summed E-state index contributed by atoms with van der Waals surface area (Å²) < 4.78 is 0. The van der Waals surface area contributed by atoms with Crippen molar-refractivity contribution in [2.75, 3.05) is 0 Å². The van der Waals surface area contributed by atoms with E-state index in [0.29, 0.717) is 18.0 Å². The van der Waals surface area contributed by atoms with Crippen LogP contribution in [0.4, 0.5) is 0 Å². The van der Waals surface area contributed by atoms with E-state index >= 15 is 0 Å². The molecule has 0 unspecified atom stereocenters. The largest absolute Gasteiger partial charge is 0.346 e. The predicted octanol–water partition coefficient (Wildman–Crippen LogP) is 3.39. The van der Waals surface area contributed by atoms with Crippen LogP contribution in [0.3, 0.4) is 0 Å². The number of benzene rings is 1. The molecule has 0 radical (unpaired) electrons. The minimum atomic E-state index is -0.0419. The molecule has 21 heavy (non-hydrogen) atoms. The van der Waals surface area contributed by atoms with Crippen molar-refractivity contribution < 1.29 is 4.79 Å². The van der Waals surface area contributed by atoms with Gasteiger partial charge >= 0.3 is 0 Å². The molecular formula is C17H21N3O. The Balaban J connectivity index is 1.59. The first-order valence-electron chi connectivity index (χ1n) is 7.69. The Bertz CT molecular complexity index is 569. The minimum Gasteiger partial charge on any atom is -0.346 e. The molecule has 4 heteroatoms. The maximum Gasteiger partial charge on any atom is 0.251 e. The van der Waals surface area contributed by atoms with E-state index in [4.69, 9.17) is 0 Å². The molecule has 2 N–H and O–H groups in total. The van der Waals surface area contributed by atoms with Crippen LogP contribution >= 0.6 is 0 Å². The van der Waals surface area contributed by atoms with Crippen LogP contribution in [0.1, 0.15) is 59.6 Å². The molecule has 0 atom stereocenters. The lowest BCUT2D eigenvalue weighted by atomic mass is 9.84. The molecule has 3 rings (SSSR count). The molecule has 1 aliphatic carbocycles. The van der Waals surface area contributed by atoms with Crippen molar-refractivity contribution in [2.24, 2.45) is 0 Å². The summed E-state index contributed by atoms with van der Waals surface area (Å²) in [5, 5.41) is 9.58. The monoisotopic (exact) mass is 283 g/mol. The first-order valence-corrected chi connectivity index (χ1v) is 7.69. The van der Waals surface area contributed by atoms with Gasteiger partial charge in [-0.1, -0.05) is 31.4 Å². The molecule has 1 amide bonds. The van der Waals surface area contributed by atoms with Gasteiger partial charge in [0.15, 0.2) is 0 Å². The van der Waals surface area contributed by atoms with Gasteiger partial charge in [0, 0.05) is 11.8 Å². The van der Waals surface area contributed by atoms with Crippen LogP contribution < -0.4 is 5.32 Å². The number of nitrogens with zero attached hydrogens (tertiary/aromatic N) is 1. The molecule has 0 saturated heterocycles. The highest BCUT2D eigenvalue weighted by Gasteiger charge is 2.15. The third kappa shape index (κ3) is 3.51. The maximum absolute atomic E-state index is 12.1. The molecule has 1 fully saturated rings. The lowest BCUT2D eigenvalue weighted by Gasteiger charge is -2.22. The van der Waals surface area contributed by atoms with E-state index in [1.165, 1.54) is 37.7 Å². The Kier molecular flexibility index (Phi) is 4.34. The summed E-state index contributed by atoms with van der Waals surface area (Å²) in [5.41, 5.74) is 3.00. The average Bonchev–Trinajstić information content (AvgIpc) is 3.07. The quantitative estimate of drug-likeness (QED) is 0.903. The van der Waals surface area contributed by atoms with E-state index in [9.17, 15) is 4.79 Å². The summed E-state index contributed by atoms with van der Waals surface area (Å²) >= 11 is 0. The summed E-state index contributed by atoms with van der Waals surface area (Å²) in [6, 6.07) is 9.95. The molecule has 110 valence electrons. The highest BCUT2D eigenvalue weighted by molar-refractivity contribution is 5.94. The Morgan fingerprint density at radius 3 is 2.57 bits per heavy atom. The van der Waals surface area contributed by atoms with Crippen LogP contribution in [0.2, 0.25) is 0 Å². The Morgan fingerprint density at radius 2 is 1.90 bits per heavy atom. The highest BCUT2D eigenvalue weighted by Crippen LogP contribution is 2.32. The zero-order valence-corrected chi connectivity index (χ0v) is 12.1. The van der Waals surface area contributed by atoms with Gasteiger partial charge < -0.3 is 5.32 Å². The first-order chi connectivity index (χ1) is 10.3. The van der Waals surface area contributed by atoms with Crippen LogP contribution in [0.5, 0.6) is 0 Å². The number of aromatic nitrogens is 2. The van der Waals surface area contributed by atoms with Crippen LogP contribution in [-0.4, -0.2) is 16.1 Å². The van der Waals surface area contributed by atoms with Crippen molar-refractivity contribution in [1.29, 1.82) is 0 Å². The van der Waals surface area contributed by atoms with Gasteiger partial charge in [-0.15, -0.1) is 0 Å². The zero-order valence-electron chi connectivity index (χ0n) is 12.1. The summed E-state index contributed by atoms with van der Waals surface area (Å²) in [5.74, 6) is 0.639. The summed E-state index contributed by atoms with van der Waals surface area (Å²) in [6.07, 6.45) is 8.27. The van der Waals surface area contributed by atoms with Crippen molar-refractivity contribution in [3.8, 4) is 0 Å². The van der Waals surface area contributed by atoms with Gasteiger partial charge in [0.25, 0.3) is 5.91 Å². The Hall–Kier alpha value is -2.10. The number of H-pyrrole nitrogens is 1. The smallest absolute Gasteiger partial charge is 0.251 e. The van der Waals surface area contributed by atoms with E-state index in [-0.39, 0.29) is 5.91 Å². The fraction of sp³-hybridized carbons (Fsp3) is 0.412. The van der Waals surface area contributed by atoms with Crippen molar-refractivity contribution in [3.63, 3.8) is 0 Å². The van der Waals surface area contributed by atoms with E-state index in [2.05, 4.69) is 27.6 Å². The lowest BCUT2D eigenvalue weighted by Crippen LogP contribution is -2.23. The van der Waals surface area contributed by atoms with Gasteiger partial charge in [-0.05, 0) is 42.5 Å². The van der Waals surface area contributed by atoms with Gasteiger partial charge in [0.2, 0.25) is 0 Å². The number of carbonyl (C=O) groups excluding carboxylic acids is 1. The van der Waals surface area contributed by atoms with E-state index in [1.54, 1.807) is 6.20 Å². The Morgan fingerprint density at radius 1 is 1.14 bits per heavy atom. The number of carbonyl (C=O) groups is 1. The molecule has 4 nitrogen and oxygen atoms in total. The predicted molar refractivity (Wildman–Crippen MR) is 82.0 cm³/mol. The lowest BCUT2D eigenvalue weighted by molar-refractivity contribution is 0.0950. The molecule has 2 aromatic rings. The maximum atomic E-state index is 12.1. The zero-order chi connectivity index (χ0) is 14.5. The first kappa shape index (κ1) is 13.9. The SMILES string of the molecule is O=C(NCc1ccn[nH]1)c1ccc(C2CCCCC2)cc1. The summed E-state index contributed by atoms with van der Waals surface area (Å²) in [6.45, 7) is 0.475. The fourth-order valence-corrected chi connectivity index (χ4v) is 3.00. The average molecular weight is 283 g/mol. The fourth-order valence-electron chi connectivity index (χ4n) is 3.00. The highest BCUT2D eigenvalue weighted by atomic mass is 16.1. The summed E-state index contributed by atoms with van der Waals surface area (Å²) in [7, 11) is 0. The topological polar surface area (TPSA) is 57.8 Å². The molecule has 1 aromatic heterocycles. The number of amides is 1. The third-order valence-electron chi connectivity index (χ3n) is 4.25. The molecule has 1 aromatic carbocycles. The van der Waals surface area contributed by atoms with Crippen molar-refractivity contribution >= 4 is 5.91 Å².